The summed E-state index contributed by atoms with van der Waals surface area (Å²) in [6.45, 7) is 3.36. The maximum absolute atomic E-state index is 14.7. The van der Waals surface area contributed by atoms with Crippen LogP contribution >= 0.6 is 0 Å². The van der Waals surface area contributed by atoms with Crippen LogP contribution in [0.3, 0.4) is 0 Å². The van der Waals surface area contributed by atoms with E-state index >= 15 is 0 Å². The van der Waals surface area contributed by atoms with Crippen LogP contribution in [0.25, 0.3) is 16.7 Å². The van der Waals surface area contributed by atoms with Gasteiger partial charge in [-0.05, 0) is 43.1 Å². The van der Waals surface area contributed by atoms with Crippen molar-refractivity contribution < 1.29 is 24.1 Å². The second-order valence-corrected chi connectivity index (χ2v) is 8.88. The number of fused-ring (bicyclic) bond motifs is 1. The zero-order valence-corrected chi connectivity index (χ0v) is 19.2. The maximum Gasteiger partial charge on any atom is 0.320 e. The SMILES string of the molecule is COc1nc(N2CCO[C@@](O)(CO)C2)cc(-n2ncc3cc(C)c(C4CCNCC4F)cc32)n1. The third kappa shape index (κ3) is 4.20. The number of nitrogens with one attached hydrogen (secondary N) is 1. The van der Waals surface area contributed by atoms with E-state index in [-0.39, 0.29) is 25.1 Å². The van der Waals surface area contributed by atoms with Crippen LogP contribution in [0.1, 0.15) is 23.5 Å². The second kappa shape index (κ2) is 9.06. The molecule has 0 saturated carbocycles. The van der Waals surface area contributed by atoms with Crippen molar-refractivity contribution in [2.75, 3.05) is 51.4 Å². The molecule has 2 aromatic heterocycles. The second-order valence-electron chi connectivity index (χ2n) is 8.88. The van der Waals surface area contributed by atoms with Gasteiger partial charge in [-0.3, -0.25) is 0 Å². The third-order valence-corrected chi connectivity index (χ3v) is 6.58. The fourth-order valence-corrected chi connectivity index (χ4v) is 4.78. The highest BCUT2D eigenvalue weighted by Gasteiger charge is 2.35. The van der Waals surface area contributed by atoms with Crippen LogP contribution in [0.4, 0.5) is 10.2 Å². The Hall–Kier alpha value is -2.86. The van der Waals surface area contributed by atoms with Gasteiger partial charge in [-0.25, -0.2) is 9.07 Å². The van der Waals surface area contributed by atoms with Crippen LogP contribution < -0.4 is 15.0 Å². The molecule has 34 heavy (non-hydrogen) atoms. The fraction of sp³-hybridized carbons (Fsp3) is 0.522. The first-order chi connectivity index (χ1) is 16.4. The van der Waals surface area contributed by atoms with E-state index in [2.05, 4.69) is 20.4 Å². The number of nitrogens with zero attached hydrogens (tertiary/aromatic N) is 5. The van der Waals surface area contributed by atoms with Crippen LogP contribution in [0.5, 0.6) is 6.01 Å². The smallest absolute Gasteiger partial charge is 0.320 e. The molecule has 2 aliphatic rings. The number of aromatic nitrogens is 4. The number of methoxy groups -OCH3 is 1. The Kier molecular flexibility index (Phi) is 6.11. The quantitative estimate of drug-likeness (QED) is 0.501. The maximum atomic E-state index is 14.7. The first kappa shape index (κ1) is 22.9. The van der Waals surface area contributed by atoms with E-state index in [0.717, 1.165) is 35.0 Å². The average Bonchev–Trinajstić information content (AvgIpc) is 3.26. The summed E-state index contributed by atoms with van der Waals surface area (Å²) in [6.07, 6.45) is 1.55. The normalized spacial score (nSPS) is 25.6. The highest BCUT2D eigenvalue weighted by molar-refractivity contribution is 5.82. The monoisotopic (exact) mass is 472 g/mol. The van der Waals surface area contributed by atoms with Crippen LogP contribution in [0.2, 0.25) is 0 Å². The van der Waals surface area contributed by atoms with Crippen molar-refractivity contribution in [2.45, 2.75) is 31.2 Å². The van der Waals surface area contributed by atoms with E-state index in [9.17, 15) is 14.6 Å². The zero-order chi connectivity index (χ0) is 23.9. The molecule has 3 N–H and O–H groups in total. The Morgan fingerprint density at radius 3 is 2.88 bits per heavy atom. The van der Waals surface area contributed by atoms with Gasteiger partial charge in [0.15, 0.2) is 5.82 Å². The highest BCUT2D eigenvalue weighted by Crippen LogP contribution is 2.34. The third-order valence-electron chi connectivity index (χ3n) is 6.58. The number of halogens is 1. The zero-order valence-electron chi connectivity index (χ0n) is 19.2. The molecule has 4 heterocycles. The molecular formula is C23H29FN6O4. The number of aryl methyl sites for hydroxylation is 1. The molecule has 11 heteroatoms. The Morgan fingerprint density at radius 1 is 1.29 bits per heavy atom. The van der Waals surface area contributed by atoms with Crippen molar-refractivity contribution in [1.29, 1.82) is 0 Å². The number of rotatable bonds is 5. The molecule has 2 fully saturated rings. The number of alkyl halides is 1. The molecular weight excluding hydrogens is 443 g/mol. The molecule has 182 valence electrons. The molecule has 3 atom stereocenters. The van der Waals surface area contributed by atoms with Gasteiger partial charge in [-0.1, -0.05) is 0 Å². The number of ether oxygens (including phenoxy) is 2. The van der Waals surface area contributed by atoms with Gasteiger partial charge in [0.2, 0.25) is 5.79 Å². The van der Waals surface area contributed by atoms with Gasteiger partial charge in [-0.2, -0.15) is 15.1 Å². The van der Waals surface area contributed by atoms with Crippen molar-refractivity contribution in [3.8, 4) is 11.8 Å². The number of anilines is 1. The molecule has 2 saturated heterocycles. The number of hydrogen-bond acceptors (Lipinski definition) is 9. The molecule has 0 aliphatic carbocycles. The van der Waals surface area contributed by atoms with E-state index in [4.69, 9.17) is 9.47 Å². The summed E-state index contributed by atoms with van der Waals surface area (Å²) < 4.78 is 27.1. The number of β-amino-alcohol motifs (C(OH)–C–C–N with tert-alkyl or cyclic N) is 1. The predicted molar refractivity (Wildman–Crippen MR) is 123 cm³/mol. The molecule has 3 aromatic rings. The summed E-state index contributed by atoms with van der Waals surface area (Å²) in [4.78, 5) is 10.7. The number of morpholine rings is 1. The van der Waals surface area contributed by atoms with Gasteiger partial charge >= 0.3 is 6.01 Å². The van der Waals surface area contributed by atoms with Crippen LogP contribution in [0, 0.1) is 6.92 Å². The van der Waals surface area contributed by atoms with E-state index in [0.29, 0.717) is 24.7 Å². The van der Waals surface area contributed by atoms with Crippen LogP contribution in [-0.2, 0) is 4.74 Å². The largest absolute Gasteiger partial charge is 0.467 e. The molecule has 0 spiro atoms. The molecule has 2 aliphatic heterocycles. The van der Waals surface area contributed by atoms with Gasteiger partial charge in [0.05, 0.1) is 38.6 Å². The van der Waals surface area contributed by atoms with Crippen molar-refractivity contribution >= 4 is 16.7 Å². The van der Waals surface area contributed by atoms with E-state index < -0.39 is 18.6 Å². The summed E-state index contributed by atoms with van der Waals surface area (Å²) in [5.41, 5.74) is 2.83. The lowest BCUT2D eigenvalue weighted by Crippen LogP contribution is -2.54. The minimum absolute atomic E-state index is 0.0416. The standard InChI is InChI=1S/C23H29FN6O4/c1-14-7-15-10-26-30(19(15)8-17(14)16-3-4-25-11-18(16)24)21-9-20(27-22(28-21)33-2)29-5-6-34-23(32,12-29)13-31/h7-10,16,18,25,31-32H,3-6,11-13H2,1-2H3/t16?,18?,23-/m1/s1. The predicted octanol–water partition coefficient (Wildman–Crippen LogP) is 1.07. The molecule has 10 nitrogen and oxygen atoms in total. The number of aliphatic hydroxyl groups is 2. The van der Waals surface area contributed by atoms with Gasteiger partial charge in [0.1, 0.15) is 12.0 Å². The Bertz CT molecular complexity index is 1190. The van der Waals surface area contributed by atoms with E-state index in [1.165, 1.54) is 7.11 Å². The first-order valence-electron chi connectivity index (χ1n) is 11.4. The minimum Gasteiger partial charge on any atom is -0.467 e. The molecule has 2 unspecified atom stereocenters. The fourth-order valence-electron chi connectivity index (χ4n) is 4.78. The van der Waals surface area contributed by atoms with E-state index in [1.807, 2.05) is 19.1 Å². The molecule has 0 amide bonds. The molecule has 0 bridgehead atoms. The molecule has 5 rings (SSSR count). The van der Waals surface area contributed by atoms with Crippen molar-refractivity contribution in [1.82, 2.24) is 25.1 Å². The van der Waals surface area contributed by atoms with Gasteiger partial charge in [0.25, 0.3) is 0 Å². The number of benzene rings is 1. The molecule has 0 radical (unpaired) electrons. The van der Waals surface area contributed by atoms with Crippen LogP contribution in [0.15, 0.2) is 24.4 Å². The summed E-state index contributed by atoms with van der Waals surface area (Å²) in [6, 6.07) is 5.93. The van der Waals surface area contributed by atoms with E-state index in [1.54, 1.807) is 21.8 Å². The lowest BCUT2D eigenvalue weighted by atomic mass is 9.85. The Labute approximate surface area is 196 Å². The Morgan fingerprint density at radius 2 is 2.12 bits per heavy atom. The van der Waals surface area contributed by atoms with Gasteiger partial charge < -0.3 is 29.9 Å². The minimum atomic E-state index is -1.67. The van der Waals surface area contributed by atoms with Gasteiger partial charge in [0, 0.05) is 30.5 Å². The average molecular weight is 473 g/mol. The molecule has 1 aromatic carbocycles. The van der Waals surface area contributed by atoms with Crippen LogP contribution in [-0.4, -0.2) is 88.4 Å². The highest BCUT2D eigenvalue weighted by atomic mass is 19.1. The summed E-state index contributed by atoms with van der Waals surface area (Å²) >= 11 is 0. The topological polar surface area (TPSA) is 118 Å². The van der Waals surface area contributed by atoms with Crippen molar-refractivity contribution in [3.05, 3.63) is 35.5 Å². The number of piperidine rings is 1. The summed E-state index contributed by atoms with van der Waals surface area (Å²) in [7, 11) is 1.48. The number of hydrogen-bond donors (Lipinski definition) is 3. The van der Waals surface area contributed by atoms with Crippen molar-refractivity contribution in [2.24, 2.45) is 0 Å². The summed E-state index contributed by atoms with van der Waals surface area (Å²) in [5.74, 6) is -0.851. The number of aliphatic hydroxyl groups excluding tert-OH is 1. The van der Waals surface area contributed by atoms with Gasteiger partial charge in [-0.15, -0.1) is 0 Å². The lowest BCUT2D eigenvalue weighted by molar-refractivity contribution is -0.226. The van der Waals surface area contributed by atoms with Crippen molar-refractivity contribution in [3.63, 3.8) is 0 Å². The Balaban J connectivity index is 1.57. The summed E-state index contributed by atoms with van der Waals surface area (Å²) in [5, 5.41) is 28.5. The first-order valence-corrected chi connectivity index (χ1v) is 11.4. The lowest BCUT2D eigenvalue weighted by Gasteiger charge is -2.38.